The minimum atomic E-state index is -3.90. The smallest absolute Gasteiger partial charge is 0.264 e. The van der Waals surface area contributed by atoms with Crippen molar-refractivity contribution in [1.29, 1.82) is 0 Å². The maximum absolute atomic E-state index is 12.3. The Morgan fingerprint density at radius 1 is 1.00 bits per heavy atom. The van der Waals surface area contributed by atoms with E-state index in [2.05, 4.69) is 9.44 Å². The van der Waals surface area contributed by atoms with Gasteiger partial charge in [-0.1, -0.05) is 23.2 Å². The summed E-state index contributed by atoms with van der Waals surface area (Å²) in [5, 5.41) is 0. The molecule has 1 saturated carbocycles. The topological polar surface area (TPSA) is 92.3 Å². The summed E-state index contributed by atoms with van der Waals surface area (Å²) in [5.41, 5.74) is 0.221. The second-order valence-electron chi connectivity index (χ2n) is 5.21. The summed E-state index contributed by atoms with van der Waals surface area (Å²) in [7, 11) is -7.48. The van der Waals surface area contributed by atoms with E-state index in [1.54, 1.807) is 0 Å². The Hall–Kier alpha value is -0.840. The molecule has 130 valence electrons. The minimum absolute atomic E-state index is 0.00124. The van der Waals surface area contributed by atoms with Gasteiger partial charge in [0.2, 0.25) is 10.0 Å². The summed E-state index contributed by atoms with van der Waals surface area (Å²) in [6, 6.07) is 6.69. The second-order valence-corrected chi connectivity index (χ2v) is 10.9. The van der Waals surface area contributed by atoms with Crippen LogP contribution in [0.1, 0.15) is 12.8 Å². The minimum Gasteiger partial charge on any atom is -0.280 e. The van der Waals surface area contributed by atoms with Crippen LogP contribution in [0.4, 0.5) is 5.69 Å². The Morgan fingerprint density at radius 2 is 1.62 bits per heavy atom. The van der Waals surface area contributed by atoms with Crippen LogP contribution in [0.15, 0.2) is 40.1 Å². The lowest BCUT2D eigenvalue weighted by Crippen LogP contribution is -2.25. The Balaban J connectivity index is 1.80. The van der Waals surface area contributed by atoms with Crippen molar-refractivity contribution in [2.75, 3.05) is 4.72 Å². The summed E-state index contributed by atoms with van der Waals surface area (Å²) < 4.78 is 53.9. The number of hydrogen-bond donors (Lipinski definition) is 2. The first-order chi connectivity index (χ1) is 11.2. The zero-order valence-corrected chi connectivity index (χ0v) is 16.0. The molecule has 2 N–H and O–H groups in total. The van der Waals surface area contributed by atoms with Crippen LogP contribution in [0.2, 0.25) is 8.67 Å². The number of rotatable bonds is 6. The molecule has 0 saturated heterocycles. The normalized spacial score (nSPS) is 15.4. The fraction of sp³-hybridized carbons (Fsp3) is 0.231. The summed E-state index contributed by atoms with van der Waals surface area (Å²) in [4.78, 5) is -0.0415. The summed E-state index contributed by atoms with van der Waals surface area (Å²) >= 11 is 12.6. The largest absolute Gasteiger partial charge is 0.280 e. The van der Waals surface area contributed by atoms with E-state index in [0.717, 1.165) is 24.2 Å². The van der Waals surface area contributed by atoms with Gasteiger partial charge >= 0.3 is 0 Å². The molecule has 0 radical (unpaired) electrons. The summed E-state index contributed by atoms with van der Waals surface area (Å²) in [6.07, 6.45) is 1.67. The van der Waals surface area contributed by atoms with Gasteiger partial charge in [-0.15, -0.1) is 11.3 Å². The van der Waals surface area contributed by atoms with E-state index in [1.165, 1.54) is 30.3 Å². The molecule has 3 rings (SSSR count). The Kier molecular flexibility index (Phi) is 4.84. The van der Waals surface area contributed by atoms with Crippen LogP contribution in [-0.2, 0) is 20.0 Å². The first-order valence-electron chi connectivity index (χ1n) is 6.77. The van der Waals surface area contributed by atoms with Crippen molar-refractivity contribution in [1.82, 2.24) is 4.72 Å². The number of benzene rings is 1. The van der Waals surface area contributed by atoms with Gasteiger partial charge in [-0.25, -0.2) is 21.6 Å². The highest BCUT2D eigenvalue weighted by Gasteiger charge is 2.28. The second kappa shape index (κ2) is 6.47. The standard InChI is InChI=1S/C13H12Cl2N2O4S3/c14-12-7-11(13(15)22-12)24(20,21)17-9-3-5-10(6-4-9)23(18,19)16-8-1-2-8/h3-8,16-17H,1-2H2. The number of sulfonamides is 2. The number of halogens is 2. The van der Waals surface area contributed by atoms with Gasteiger partial charge in [0.05, 0.1) is 9.23 Å². The average molecular weight is 427 g/mol. The van der Waals surface area contributed by atoms with Crippen LogP contribution >= 0.6 is 34.5 Å². The molecule has 1 aromatic heterocycles. The highest BCUT2D eigenvalue weighted by Crippen LogP contribution is 2.35. The Bertz CT molecular complexity index is 965. The molecule has 0 bridgehead atoms. The SMILES string of the molecule is O=S(=O)(NC1CC1)c1ccc(NS(=O)(=O)c2cc(Cl)sc2Cl)cc1. The summed E-state index contributed by atoms with van der Waals surface area (Å²) in [6.45, 7) is 0. The molecular weight excluding hydrogens is 415 g/mol. The molecule has 24 heavy (non-hydrogen) atoms. The Morgan fingerprint density at radius 3 is 2.12 bits per heavy atom. The van der Waals surface area contributed by atoms with Crippen molar-refractivity contribution in [3.63, 3.8) is 0 Å². The zero-order valence-electron chi connectivity index (χ0n) is 12.0. The quantitative estimate of drug-likeness (QED) is 0.740. The van der Waals surface area contributed by atoms with Crippen LogP contribution in [0.5, 0.6) is 0 Å². The van der Waals surface area contributed by atoms with Crippen molar-refractivity contribution in [3.05, 3.63) is 39.0 Å². The molecule has 11 heteroatoms. The first-order valence-corrected chi connectivity index (χ1v) is 11.3. The molecule has 6 nitrogen and oxygen atoms in total. The van der Waals surface area contributed by atoms with E-state index >= 15 is 0 Å². The summed E-state index contributed by atoms with van der Waals surface area (Å²) in [5.74, 6) is 0. The van der Waals surface area contributed by atoms with E-state index in [9.17, 15) is 16.8 Å². The number of anilines is 1. The van der Waals surface area contributed by atoms with Gasteiger partial charge in [-0.05, 0) is 43.2 Å². The molecule has 0 unspecified atom stereocenters. The van der Waals surface area contributed by atoms with Crippen molar-refractivity contribution in [3.8, 4) is 0 Å². The van der Waals surface area contributed by atoms with Gasteiger partial charge in [0.25, 0.3) is 10.0 Å². The van der Waals surface area contributed by atoms with Crippen LogP contribution < -0.4 is 9.44 Å². The highest BCUT2D eigenvalue weighted by atomic mass is 35.5. The molecule has 0 atom stereocenters. The van der Waals surface area contributed by atoms with E-state index < -0.39 is 20.0 Å². The predicted octanol–water partition coefficient (Wildman–Crippen LogP) is 3.30. The van der Waals surface area contributed by atoms with Gasteiger partial charge in [-0.3, -0.25) is 4.72 Å². The van der Waals surface area contributed by atoms with E-state index in [0.29, 0.717) is 0 Å². The molecule has 1 fully saturated rings. The van der Waals surface area contributed by atoms with Crippen molar-refractivity contribution < 1.29 is 16.8 Å². The molecule has 1 aromatic carbocycles. The van der Waals surface area contributed by atoms with E-state index in [1.807, 2.05) is 0 Å². The molecule has 1 aliphatic carbocycles. The number of nitrogens with one attached hydrogen (secondary N) is 2. The third-order valence-corrected chi connectivity index (χ3v) is 7.90. The lowest BCUT2D eigenvalue weighted by molar-refractivity contribution is 0.581. The van der Waals surface area contributed by atoms with Crippen LogP contribution in [0.3, 0.4) is 0 Å². The fourth-order valence-electron chi connectivity index (χ4n) is 1.91. The molecule has 1 heterocycles. The molecule has 0 aliphatic heterocycles. The Labute approximate surface area is 153 Å². The van der Waals surface area contributed by atoms with Crippen LogP contribution in [0, 0.1) is 0 Å². The maximum atomic E-state index is 12.3. The first kappa shape index (κ1) is 18.0. The molecule has 1 aliphatic rings. The lowest BCUT2D eigenvalue weighted by Gasteiger charge is -2.09. The monoisotopic (exact) mass is 426 g/mol. The van der Waals surface area contributed by atoms with Crippen molar-refractivity contribution in [2.45, 2.75) is 28.7 Å². The maximum Gasteiger partial charge on any atom is 0.264 e. The highest BCUT2D eigenvalue weighted by molar-refractivity contribution is 7.93. The van der Waals surface area contributed by atoms with Gasteiger partial charge < -0.3 is 0 Å². The number of hydrogen-bond acceptors (Lipinski definition) is 5. The predicted molar refractivity (Wildman–Crippen MR) is 94.9 cm³/mol. The number of thiophene rings is 1. The van der Waals surface area contributed by atoms with Crippen LogP contribution in [-0.4, -0.2) is 22.9 Å². The molecular formula is C13H12Cl2N2O4S3. The van der Waals surface area contributed by atoms with Gasteiger partial charge in [0.15, 0.2) is 0 Å². The van der Waals surface area contributed by atoms with Gasteiger partial charge in [-0.2, -0.15) is 0 Å². The van der Waals surface area contributed by atoms with E-state index in [4.69, 9.17) is 23.2 Å². The lowest BCUT2D eigenvalue weighted by atomic mass is 10.3. The van der Waals surface area contributed by atoms with Crippen molar-refractivity contribution in [2.24, 2.45) is 0 Å². The molecule has 0 amide bonds. The van der Waals surface area contributed by atoms with E-state index in [-0.39, 0.29) is 30.2 Å². The fourth-order valence-corrected chi connectivity index (χ4v) is 6.42. The zero-order chi connectivity index (χ0) is 17.5. The third-order valence-electron chi connectivity index (χ3n) is 3.23. The third kappa shape index (κ3) is 4.04. The average Bonchev–Trinajstić information content (AvgIpc) is 3.20. The van der Waals surface area contributed by atoms with Crippen LogP contribution in [0.25, 0.3) is 0 Å². The van der Waals surface area contributed by atoms with Gasteiger partial charge in [0.1, 0.15) is 9.23 Å². The molecule has 0 spiro atoms. The van der Waals surface area contributed by atoms with Crippen molar-refractivity contribution >= 4 is 60.3 Å². The van der Waals surface area contributed by atoms with Gasteiger partial charge in [0, 0.05) is 11.7 Å². The molecule has 2 aromatic rings.